The van der Waals surface area contributed by atoms with Crippen molar-refractivity contribution < 1.29 is 27.9 Å². The molecule has 0 aromatic heterocycles. The van der Waals surface area contributed by atoms with E-state index in [9.17, 15) is 22.8 Å². The van der Waals surface area contributed by atoms with E-state index in [4.69, 9.17) is 5.11 Å². The van der Waals surface area contributed by atoms with Crippen LogP contribution >= 0.6 is 0 Å². The second kappa shape index (κ2) is 6.03. The van der Waals surface area contributed by atoms with Crippen LogP contribution in [0.3, 0.4) is 0 Å². The van der Waals surface area contributed by atoms with Crippen molar-refractivity contribution in [2.45, 2.75) is 19.0 Å². The molecule has 0 unspecified atom stereocenters. The molecular weight excluding hydrogens is 253 g/mol. The first-order chi connectivity index (χ1) is 8.28. The number of carboxylic acids is 1. The maximum absolute atomic E-state index is 11.8. The summed E-state index contributed by atoms with van der Waals surface area (Å²) in [5.41, 5.74) is 0. The zero-order chi connectivity index (χ0) is 13.8. The maximum atomic E-state index is 11.8. The molecule has 1 fully saturated rings. The lowest BCUT2D eigenvalue weighted by Crippen LogP contribution is -2.44. The van der Waals surface area contributed by atoms with E-state index in [1.807, 2.05) is 0 Å². The van der Waals surface area contributed by atoms with Gasteiger partial charge in [0, 0.05) is 0 Å². The van der Waals surface area contributed by atoms with Gasteiger partial charge >= 0.3 is 12.1 Å². The van der Waals surface area contributed by atoms with Crippen LogP contribution in [0.15, 0.2) is 0 Å². The van der Waals surface area contributed by atoms with Gasteiger partial charge in [0.2, 0.25) is 5.91 Å². The highest BCUT2D eigenvalue weighted by atomic mass is 19.4. The van der Waals surface area contributed by atoms with Crippen LogP contribution in [0.25, 0.3) is 0 Å². The number of alkyl halides is 3. The standard InChI is InChI=1S/C10H15F3N2O3/c11-10(12,13)6-14-8(16)5-15-3-1-7(2-4-15)9(17)18/h7H,1-6H2,(H,14,16)(H,17,18). The summed E-state index contributed by atoms with van der Waals surface area (Å²) in [5.74, 6) is -1.98. The molecule has 8 heteroatoms. The zero-order valence-electron chi connectivity index (χ0n) is 9.66. The highest BCUT2D eigenvalue weighted by molar-refractivity contribution is 5.78. The second-order valence-corrected chi connectivity index (χ2v) is 4.28. The van der Waals surface area contributed by atoms with Crippen molar-refractivity contribution in [1.29, 1.82) is 0 Å². The molecule has 1 amide bonds. The molecule has 18 heavy (non-hydrogen) atoms. The molecule has 1 rings (SSSR count). The fourth-order valence-electron chi connectivity index (χ4n) is 1.80. The molecule has 2 N–H and O–H groups in total. The molecule has 0 aromatic carbocycles. The Morgan fingerprint density at radius 1 is 1.28 bits per heavy atom. The average Bonchev–Trinajstić information content (AvgIpc) is 2.26. The van der Waals surface area contributed by atoms with Gasteiger partial charge in [-0.2, -0.15) is 13.2 Å². The Morgan fingerprint density at radius 2 is 1.83 bits per heavy atom. The van der Waals surface area contributed by atoms with Crippen molar-refractivity contribution in [3.63, 3.8) is 0 Å². The third kappa shape index (κ3) is 5.35. The van der Waals surface area contributed by atoms with Crippen LogP contribution in [0.2, 0.25) is 0 Å². The number of carbonyl (C=O) groups excluding carboxylic acids is 1. The Balaban J connectivity index is 2.24. The first-order valence-electron chi connectivity index (χ1n) is 5.56. The molecule has 1 aliphatic rings. The van der Waals surface area contributed by atoms with Crippen molar-refractivity contribution in [3.8, 4) is 0 Å². The van der Waals surface area contributed by atoms with Gasteiger partial charge in [0.25, 0.3) is 0 Å². The highest BCUT2D eigenvalue weighted by Gasteiger charge is 2.29. The minimum absolute atomic E-state index is 0.123. The third-order valence-corrected chi connectivity index (χ3v) is 2.79. The lowest BCUT2D eigenvalue weighted by molar-refractivity contribution is -0.144. The van der Waals surface area contributed by atoms with Gasteiger partial charge in [-0.1, -0.05) is 0 Å². The van der Waals surface area contributed by atoms with Crippen molar-refractivity contribution in [2.75, 3.05) is 26.2 Å². The number of carboxylic acid groups (broad SMARTS) is 1. The van der Waals surface area contributed by atoms with E-state index in [-0.39, 0.29) is 6.54 Å². The van der Waals surface area contributed by atoms with Crippen LogP contribution in [0.5, 0.6) is 0 Å². The average molecular weight is 268 g/mol. The van der Waals surface area contributed by atoms with Gasteiger partial charge in [-0.05, 0) is 25.9 Å². The summed E-state index contributed by atoms with van der Waals surface area (Å²) in [6, 6.07) is 0. The number of aliphatic carboxylic acids is 1. The molecule has 0 spiro atoms. The van der Waals surface area contributed by atoms with E-state index >= 15 is 0 Å². The van der Waals surface area contributed by atoms with E-state index in [2.05, 4.69) is 0 Å². The molecule has 104 valence electrons. The summed E-state index contributed by atoms with van der Waals surface area (Å²) in [4.78, 5) is 23.5. The van der Waals surface area contributed by atoms with E-state index in [1.165, 1.54) is 0 Å². The number of amides is 1. The Labute approximate surface area is 102 Å². The number of hydrogen-bond acceptors (Lipinski definition) is 3. The number of piperidine rings is 1. The molecule has 0 aromatic rings. The number of carbonyl (C=O) groups is 2. The fraction of sp³-hybridized carbons (Fsp3) is 0.800. The number of nitrogens with one attached hydrogen (secondary N) is 1. The predicted molar refractivity (Wildman–Crippen MR) is 55.9 cm³/mol. The molecule has 1 heterocycles. The monoisotopic (exact) mass is 268 g/mol. The van der Waals surface area contributed by atoms with Gasteiger partial charge in [-0.3, -0.25) is 14.5 Å². The minimum atomic E-state index is -4.41. The lowest BCUT2D eigenvalue weighted by atomic mass is 9.97. The first-order valence-corrected chi connectivity index (χ1v) is 5.56. The fourth-order valence-corrected chi connectivity index (χ4v) is 1.80. The summed E-state index contributed by atoms with van der Waals surface area (Å²) < 4.78 is 35.5. The Kier molecular flexibility index (Phi) is 4.94. The molecule has 0 bridgehead atoms. The molecular formula is C10H15F3N2O3. The van der Waals surface area contributed by atoms with Gasteiger partial charge in [-0.25, -0.2) is 0 Å². The molecule has 0 saturated carbocycles. The zero-order valence-corrected chi connectivity index (χ0v) is 9.66. The Morgan fingerprint density at radius 3 is 2.28 bits per heavy atom. The lowest BCUT2D eigenvalue weighted by Gasteiger charge is -2.29. The van der Waals surface area contributed by atoms with Crippen molar-refractivity contribution in [1.82, 2.24) is 10.2 Å². The molecule has 0 atom stereocenters. The number of halogens is 3. The van der Waals surface area contributed by atoms with Crippen LogP contribution in [-0.2, 0) is 9.59 Å². The third-order valence-electron chi connectivity index (χ3n) is 2.79. The molecule has 0 radical (unpaired) electrons. The number of nitrogens with zero attached hydrogens (tertiary/aromatic N) is 1. The van der Waals surface area contributed by atoms with Gasteiger partial charge in [-0.15, -0.1) is 0 Å². The highest BCUT2D eigenvalue weighted by Crippen LogP contribution is 2.17. The minimum Gasteiger partial charge on any atom is -0.481 e. The normalized spacial score (nSPS) is 18.6. The van der Waals surface area contributed by atoms with Gasteiger partial charge in [0.05, 0.1) is 12.5 Å². The van der Waals surface area contributed by atoms with Crippen LogP contribution in [0.1, 0.15) is 12.8 Å². The summed E-state index contributed by atoms with van der Waals surface area (Å²) in [5, 5.41) is 10.5. The van der Waals surface area contributed by atoms with E-state index in [0.29, 0.717) is 25.9 Å². The summed E-state index contributed by atoms with van der Waals surface area (Å²) in [6.45, 7) is -0.632. The van der Waals surface area contributed by atoms with Crippen molar-refractivity contribution in [3.05, 3.63) is 0 Å². The van der Waals surface area contributed by atoms with Gasteiger partial charge < -0.3 is 10.4 Å². The van der Waals surface area contributed by atoms with Gasteiger partial charge in [0.1, 0.15) is 6.54 Å². The van der Waals surface area contributed by atoms with E-state index in [0.717, 1.165) is 0 Å². The molecule has 1 saturated heterocycles. The van der Waals surface area contributed by atoms with Crippen molar-refractivity contribution in [2.24, 2.45) is 5.92 Å². The molecule has 1 aliphatic heterocycles. The maximum Gasteiger partial charge on any atom is 0.405 e. The SMILES string of the molecule is O=C(CN1CCC(C(=O)O)CC1)NCC(F)(F)F. The predicted octanol–water partition coefficient (Wildman–Crippen LogP) is 0.461. The number of hydrogen-bond donors (Lipinski definition) is 2. The summed E-state index contributed by atoms with van der Waals surface area (Å²) >= 11 is 0. The van der Waals surface area contributed by atoms with Crippen LogP contribution in [0, 0.1) is 5.92 Å². The number of rotatable bonds is 4. The smallest absolute Gasteiger partial charge is 0.405 e. The summed E-state index contributed by atoms with van der Waals surface area (Å²) in [6.07, 6.45) is -3.57. The molecule has 0 aliphatic carbocycles. The van der Waals surface area contributed by atoms with E-state index in [1.54, 1.807) is 10.2 Å². The van der Waals surface area contributed by atoms with E-state index < -0.39 is 30.5 Å². The molecule has 5 nitrogen and oxygen atoms in total. The number of likely N-dealkylation sites (tertiary alicyclic amines) is 1. The first kappa shape index (κ1) is 14.7. The summed E-state index contributed by atoms with van der Waals surface area (Å²) in [7, 11) is 0. The Bertz CT molecular complexity index is 312. The Hall–Kier alpha value is -1.31. The second-order valence-electron chi connectivity index (χ2n) is 4.28. The van der Waals surface area contributed by atoms with Crippen LogP contribution in [0.4, 0.5) is 13.2 Å². The largest absolute Gasteiger partial charge is 0.481 e. The van der Waals surface area contributed by atoms with Crippen molar-refractivity contribution >= 4 is 11.9 Å². The quantitative estimate of drug-likeness (QED) is 0.777. The van der Waals surface area contributed by atoms with Gasteiger partial charge in [0.15, 0.2) is 0 Å². The van der Waals surface area contributed by atoms with Crippen LogP contribution in [-0.4, -0.2) is 54.2 Å². The topological polar surface area (TPSA) is 69.6 Å². The van der Waals surface area contributed by atoms with Crippen LogP contribution < -0.4 is 5.32 Å².